The molecular formula is C22H18ClN3O4S. The van der Waals surface area contributed by atoms with E-state index in [1.807, 2.05) is 0 Å². The third-order valence-electron chi connectivity index (χ3n) is 4.17. The molecule has 2 amide bonds. The highest BCUT2D eigenvalue weighted by Crippen LogP contribution is 2.19. The Labute approximate surface area is 184 Å². The fourth-order valence-electron chi connectivity index (χ4n) is 2.62. The van der Waals surface area contributed by atoms with E-state index in [0.717, 1.165) is 0 Å². The molecule has 0 aliphatic carbocycles. The van der Waals surface area contributed by atoms with E-state index in [9.17, 15) is 18.0 Å². The summed E-state index contributed by atoms with van der Waals surface area (Å²) in [7, 11) is -3.85. The van der Waals surface area contributed by atoms with Crippen LogP contribution in [0.2, 0.25) is 5.02 Å². The molecule has 158 valence electrons. The lowest BCUT2D eigenvalue weighted by Gasteiger charge is -2.12. The summed E-state index contributed by atoms with van der Waals surface area (Å²) in [6.45, 7) is 0. The molecule has 7 nitrogen and oxygen atoms in total. The lowest BCUT2D eigenvalue weighted by Crippen LogP contribution is -2.30. The number of nitrogens with two attached hydrogens (primary N) is 1. The summed E-state index contributed by atoms with van der Waals surface area (Å²) in [6.07, 6.45) is 1.46. The number of carbonyl (C=O) groups excluding carboxylic acids is 2. The number of sulfonamides is 1. The van der Waals surface area contributed by atoms with Crippen molar-refractivity contribution in [3.05, 3.63) is 101 Å². The van der Waals surface area contributed by atoms with Crippen LogP contribution in [0, 0.1) is 0 Å². The van der Waals surface area contributed by atoms with Crippen molar-refractivity contribution in [2.75, 3.05) is 5.32 Å². The molecule has 4 N–H and O–H groups in total. The normalized spacial score (nSPS) is 11.6. The first kappa shape index (κ1) is 22.2. The van der Waals surface area contributed by atoms with Gasteiger partial charge < -0.3 is 10.6 Å². The first-order valence-electron chi connectivity index (χ1n) is 9.01. The molecule has 9 heteroatoms. The second-order valence-electron chi connectivity index (χ2n) is 6.42. The van der Waals surface area contributed by atoms with Gasteiger partial charge in [-0.1, -0.05) is 48.0 Å². The molecule has 0 saturated heterocycles. The van der Waals surface area contributed by atoms with E-state index in [1.165, 1.54) is 30.3 Å². The lowest BCUT2D eigenvalue weighted by molar-refractivity contribution is -0.113. The average Bonchev–Trinajstić information content (AvgIpc) is 2.75. The van der Waals surface area contributed by atoms with E-state index >= 15 is 0 Å². The number of benzene rings is 3. The molecule has 0 aliphatic rings. The minimum atomic E-state index is -3.85. The van der Waals surface area contributed by atoms with Gasteiger partial charge in [0.15, 0.2) is 0 Å². The maximum absolute atomic E-state index is 12.9. The first-order valence-corrected chi connectivity index (χ1v) is 10.9. The van der Waals surface area contributed by atoms with Gasteiger partial charge in [-0.15, -0.1) is 0 Å². The van der Waals surface area contributed by atoms with Crippen molar-refractivity contribution in [2.45, 2.75) is 4.90 Å². The molecule has 0 saturated carbocycles. The molecule has 0 heterocycles. The van der Waals surface area contributed by atoms with Crippen LogP contribution >= 0.6 is 11.6 Å². The van der Waals surface area contributed by atoms with Crippen molar-refractivity contribution in [1.82, 2.24) is 5.32 Å². The Morgan fingerprint density at radius 1 is 0.871 bits per heavy atom. The molecule has 3 aromatic carbocycles. The maximum atomic E-state index is 12.9. The number of anilines is 1. The first-order chi connectivity index (χ1) is 14.7. The zero-order valence-electron chi connectivity index (χ0n) is 16.1. The van der Waals surface area contributed by atoms with Gasteiger partial charge in [-0.25, -0.2) is 13.6 Å². The molecule has 0 aromatic heterocycles. The van der Waals surface area contributed by atoms with Crippen molar-refractivity contribution in [2.24, 2.45) is 5.14 Å². The van der Waals surface area contributed by atoms with Crippen molar-refractivity contribution in [3.8, 4) is 0 Å². The molecule has 0 atom stereocenters. The monoisotopic (exact) mass is 455 g/mol. The molecule has 3 rings (SSSR count). The smallest absolute Gasteiger partial charge is 0.272 e. The van der Waals surface area contributed by atoms with Crippen LogP contribution < -0.4 is 15.8 Å². The van der Waals surface area contributed by atoms with Gasteiger partial charge in [0.1, 0.15) is 5.70 Å². The fourth-order valence-corrected chi connectivity index (χ4v) is 3.32. The predicted molar refractivity (Wildman–Crippen MR) is 120 cm³/mol. The van der Waals surface area contributed by atoms with Crippen molar-refractivity contribution < 1.29 is 18.0 Å². The van der Waals surface area contributed by atoms with Crippen molar-refractivity contribution in [3.63, 3.8) is 0 Å². The van der Waals surface area contributed by atoms with Crippen LogP contribution in [0.4, 0.5) is 5.69 Å². The van der Waals surface area contributed by atoms with Crippen LogP contribution in [0.15, 0.2) is 89.5 Å². The lowest BCUT2D eigenvalue weighted by atomic mass is 10.1. The van der Waals surface area contributed by atoms with E-state index in [-0.39, 0.29) is 10.6 Å². The largest absolute Gasteiger partial charge is 0.321 e. The summed E-state index contributed by atoms with van der Waals surface area (Å²) < 4.78 is 22.8. The highest BCUT2D eigenvalue weighted by atomic mass is 35.5. The fraction of sp³-hybridized carbons (Fsp3) is 0. The van der Waals surface area contributed by atoms with Gasteiger partial charge in [0.25, 0.3) is 11.8 Å². The molecular weight excluding hydrogens is 438 g/mol. The minimum absolute atomic E-state index is 0.0440. The number of rotatable bonds is 6. The summed E-state index contributed by atoms with van der Waals surface area (Å²) in [6, 6.07) is 20.6. The second-order valence-corrected chi connectivity index (χ2v) is 8.39. The summed E-state index contributed by atoms with van der Waals surface area (Å²) in [5.41, 5.74) is 1.18. The highest BCUT2D eigenvalue weighted by molar-refractivity contribution is 7.89. The number of hydrogen-bond donors (Lipinski definition) is 3. The van der Waals surface area contributed by atoms with E-state index in [1.54, 1.807) is 54.6 Å². The standard InChI is InChI=1S/C22H18ClN3O4S/c23-19-9-5-4-8-16(19)14-20(26-21(27)15-6-2-1-3-7-15)22(28)25-17-10-12-18(13-11-17)31(24,29)30/h1-14H,(H,25,28)(H,26,27)(H2,24,29,30)/b20-14+. The minimum Gasteiger partial charge on any atom is -0.321 e. The second kappa shape index (κ2) is 9.57. The summed E-state index contributed by atoms with van der Waals surface area (Å²) in [5, 5.41) is 10.7. The summed E-state index contributed by atoms with van der Waals surface area (Å²) >= 11 is 6.19. The van der Waals surface area contributed by atoms with Crippen LogP contribution in [0.1, 0.15) is 15.9 Å². The molecule has 0 aliphatic heterocycles. The van der Waals surface area contributed by atoms with E-state index < -0.39 is 21.8 Å². The van der Waals surface area contributed by atoms with Gasteiger partial charge in [0.05, 0.1) is 4.90 Å². The van der Waals surface area contributed by atoms with Crippen LogP contribution in [0.5, 0.6) is 0 Å². The van der Waals surface area contributed by atoms with E-state index in [0.29, 0.717) is 21.8 Å². The van der Waals surface area contributed by atoms with Gasteiger partial charge in [0, 0.05) is 16.3 Å². The zero-order chi connectivity index (χ0) is 22.4. The quantitative estimate of drug-likeness (QED) is 0.493. The van der Waals surface area contributed by atoms with E-state index in [4.69, 9.17) is 16.7 Å². The Morgan fingerprint density at radius 2 is 1.48 bits per heavy atom. The Hall–Kier alpha value is -3.46. The third-order valence-corrected chi connectivity index (χ3v) is 5.45. The number of amides is 2. The van der Waals surface area contributed by atoms with Gasteiger partial charge in [-0.05, 0) is 54.1 Å². The zero-order valence-corrected chi connectivity index (χ0v) is 17.7. The Morgan fingerprint density at radius 3 is 2.10 bits per heavy atom. The van der Waals surface area contributed by atoms with Crippen LogP contribution in [-0.2, 0) is 14.8 Å². The molecule has 0 bridgehead atoms. The van der Waals surface area contributed by atoms with E-state index in [2.05, 4.69) is 10.6 Å². The molecule has 0 unspecified atom stereocenters. The van der Waals surface area contributed by atoms with Crippen molar-refractivity contribution >= 4 is 45.2 Å². The van der Waals surface area contributed by atoms with Crippen molar-refractivity contribution in [1.29, 1.82) is 0 Å². The molecule has 3 aromatic rings. The highest BCUT2D eigenvalue weighted by Gasteiger charge is 2.16. The van der Waals surface area contributed by atoms with Crippen LogP contribution in [0.3, 0.4) is 0 Å². The van der Waals surface area contributed by atoms with Gasteiger partial charge in [-0.3, -0.25) is 9.59 Å². The molecule has 0 fully saturated rings. The Kier molecular flexibility index (Phi) is 6.86. The van der Waals surface area contributed by atoms with Crippen LogP contribution in [0.25, 0.3) is 6.08 Å². The maximum Gasteiger partial charge on any atom is 0.272 e. The number of primary sulfonamides is 1. The number of halogens is 1. The number of carbonyl (C=O) groups is 2. The van der Waals surface area contributed by atoms with Gasteiger partial charge in [0.2, 0.25) is 10.0 Å². The SMILES string of the molecule is NS(=O)(=O)c1ccc(NC(=O)/C(=C\c2ccccc2Cl)NC(=O)c2ccccc2)cc1. The number of hydrogen-bond acceptors (Lipinski definition) is 4. The van der Waals surface area contributed by atoms with Crippen LogP contribution in [-0.4, -0.2) is 20.2 Å². The topological polar surface area (TPSA) is 118 Å². The molecule has 0 spiro atoms. The summed E-state index contributed by atoms with van der Waals surface area (Å²) in [5.74, 6) is -1.09. The Balaban J connectivity index is 1.89. The predicted octanol–water partition coefficient (Wildman–Crippen LogP) is 3.40. The summed E-state index contributed by atoms with van der Waals surface area (Å²) in [4.78, 5) is 25.4. The Bertz CT molecular complexity index is 1240. The number of nitrogens with one attached hydrogen (secondary N) is 2. The molecule has 0 radical (unpaired) electrons. The van der Waals surface area contributed by atoms with Gasteiger partial charge >= 0.3 is 0 Å². The average molecular weight is 456 g/mol. The third kappa shape index (κ3) is 6.02. The van der Waals surface area contributed by atoms with Gasteiger partial charge in [-0.2, -0.15) is 0 Å². The molecule has 31 heavy (non-hydrogen) atoms.